The predicted octanol–water partition coefficient (Wildman–Crippen LogP) is 4.63. The number of nitro benzene ring substituents is 1. The summed E-state index contributed by atoms with van der Waals surface area (Å²) in [4.78, 5) is 41.8. The van der Waals surface area contributed by atoms with Gasteiger partial charge in [0.25, 0.3) is 5.69 Å². The number of methoxy groups -OCH3 is 1. The van der Waals surface area contributed by atoms with Crippen molar-refractivity contribution < 1.29 is 24.0 Å². The molecule has 9 heteroatoms. The molecule has 1 fully saturated rings. The van der Waals surface area contributed by atoms with Gasteiger partial charge in [-0.05, 0) is 50.8 Å². The van der Waals surface area contributed by atoms with Gasteiger partial charge in [0.15, 0.2) is 0 Å². The Labute approximate surface area is 228 Å². The van der Waals surface area contributed by atoms with Gasteiger partial charge in [-0.3, -0.25) is 15.0 Å². The van der Waals surface area contributed by atoms with Gasteiger partial charge in [0.05, 0.1) is 23.2 Å². The first-order chi connectivity index (χ1) is 18.7. The van der Waals surface area contributed by atoms with Crippen molar-refractivity contribution in [1.82, 2.24) is 9.80 Å². The van der Waals surface area contributed by atoms with Crippen LogP contribution in [0.5, 0.6) is 0 Å². The molecule has 206 valence electrons. The van der Waals surface area contributed by atoms with E-state index in [4.69, 9.17) is 9.47 Å². The molecule has 2 aromatic carbocycles. The molecule has 2 unspecified atom stereocenters. The van der Waals surface area contributed by atoms with Crippen LogP contribution in [0.25, 0.3) is 0 Å². The molecule has 0 saturated carbocycles. The fourth-order valence-electron chi connectivity index (χ4n) is 5.50. The third-order valence-corrected chi connectivity index (χ3v) is 7.65. The highest BCUT2D eigenvalue weighted by Crippen LogP contribution is 2.38. The molecule has 9 nitrogen and oxygen atoms in total. The summed E-state index contributed by atoms with van der Waals surface area (Å²) >= 11 is 0. The van der Waals surface area contributed by atoms with E-state index in [9.17, 15) is 19.7 Å². The van der Waals surface area contributed by atoms with Gasteiger partial charge in [-0.25, -0.2) is 9.59 Å². The van der Waals surface area contributed by atoms with E-state index in [-0.39, 0.29) is 18.2 Å². The van der Waals surface area contributed by atoms with E-state index >= 15 is 0 Å². The lowest BCUT2D eigenvalue weighted by atomic mass is 9.80. The molecule has 2 aliphatic rings. The van der Waals surface area contributed by atoms with Crippen molar-refractivity contribution in [2.24, 2.45) is 5.92 Å². The van der Waals surface area contributed by atoms with Gasteiger partial charge in [0, 0.05) is 49.6 Å². The summed E-state index contributed by atoms with van der Waals surface area (Å²) < 4.78 is 11.2. The summed E-state index contributed by atoms with van der Waals surface area (Å²) in [7, 11) is 3.10. The zero-order valence-corrected chi connectivity index (χ0v) is 22.9. The van der Waals surface area contributed by atoms with Crippen LogP contribution in [0.1, 0.15) is 37.8 Å². The average Bonchev–Trinajstić information content (AvgIpc) is 2.92. The molecule has 1 saturated heterocycles. The van der Waals surface area contributed by atoms with Gasteiger partial charge < -0.3 is 14.4 Å². The van der Waals surface area contributed by atoms with Crippen LogP contribution in [-0.2, 0) is 32.0 Å². The van der Waals surface area contributed by atoms with E-state index in [0.717, 1.165) is 25.9 Å². The second kappa shape index (κ2) is 12.3. The molecule has 0 N–H and O–H groups in total. The number of non-ortho nitro benzene ring substituents is 1. The molecular weight excluding hydrogens is 498 g/mol. The van der Waals surface area contributed by atoms with E-state index in [0.29, 0.717) is 34.6 Å². The van der Waals surface area contributed by atoms with Crippen LogP contribution in [0.2, 0.25) is 0 Å². The average molecular weight is 534 g/mol. The van der Waals surface area contributed by atoms with Crippen LogP contribution in [-0.4, -0.2) is 60.0 Å². The van der Waals surface area contributed by atoms with Crippen molar-refractivity contribution >= 4 is 17.6 Å². The monoisotopic (exact) mass is 533 g/mol. The van der Waals surface area contributed by atoms with E-state index in [1.54, 1.807) is 31.0 Å². The molecule has 2 heterocycles. The molecule has 2 aliphatic heterocycles. The minimum atomic E-state index is -0.674. The van der Waals surface area contributed by atoms with Crippen molar-refractivity contribution in [3.05, 3.63) is 98.4 Å². The van der Waals surface area contributed by atoms with Gasteiger partial charge in [0.2, 0.25) is 0 Å². The van der Waals surface area contributed by atoms with Crippen molar-refractivity contribution in [2.75, 3.05) is 27.2 Å². The van der Waals surface area contributed by atoms with Gasteiger partial charge in [-0.1, -0.05) is 42.5 Å². The van der Waals surface area contributed by atoms with Crippen LogP contribution in [0.4, 0.5) is 5.69 Å². The molecule has 2 atom stereocenters. The summed E-state index contributed by atoms with van der Waals surface area (Å²) in [6, 6.07) is 16.5. The first kappa shape index (κ1) is 28.0. The smallest absolute Gasteiger partial charge is 0.336 e. The lowest BCUT2D eigenvalue weighted by Crippen LogP contribution is -2.42. The van der Waals surface area contributed by atoms with E-state index in [1.165, 1.54) is 24.8 Å². The Morgan fingerprint density at radius 3 is 2.33 bits per heavy atom. The Balaban J connectivity index is 1.61. The first-order valence-corrected chi connectivity index (χ1v) is 13.1. The predicted molar refractivity (Wildman–Crippen MR) is 146 cm³/mol. The molecule has 0 bridgehead atoms. The lowest BCUT2D eigenvalue weighted by molar-refractivity contribution is -0.384. The maximum Gasteiger partial charge on any atom is 0.336 e. The Hall–Kier alpha value is -3.98. The number of allylic oxidation sites excluding steroid dienone is 2. The highest BCUT2D eigenvalue weighted by atomic mass is 16.6. The molecule has 0 aliphatic carbocycles. The number of nitro groups is 1. The van der Waals surface area contributed by atoms with Gasteiger partial charge in [0.1, 0.15) is 6.10 Å². The Kier molecular flexibility index (Phi) is 8.81. The van der Waals surface area contributed by atoms with Crippen molar-refractivity contribution in [1.29, 1.82) is 0 Å². The third kappa shape index (κ3) is 6.37. The molecule has 0 aromatic heterocycles. The Morgan fingerprint density at radius 2 is 1.67 bits per heavy atom. The number of ether oxygens (including phenoxy) is 2. The van der Waals surface area contributed by atoms with Crippen molar-refractivity contribution in [3.63, 3.8) is 0 Å². The van der Waals surface area contributed by atoms with Crippen LogP contribution < -0.4 is 0 Å². The molecule has 2 aromatic rings. The van der Waals surface area contributed by atoms with Crippen LogP contribution in [0.15, 0.2) is 77.1 Å². The van der Waals surface area contributed by atoms with Gasteiger partial charge in [-0.15, -0.1) is 0 Å². The number of hydrogen-bond acceptors (Lipinski definition) is 8. The fraction of sp³-hybridized carbons (Fsp3) is 0.400. The number of benzene rings is 2. The quantitative estimate of drug-likeness (QED) is 0.275. The summed E-state index contributed by atoms with van der Waals surface area (Å²) in [6.45, 7) is 5.97. The summed E-state index contributed by atoms with van der Waals surface area (Å²) in [5, 5.41) is 11.4. The minimum Gasteiger partial charge on any atom is -0.466 e. The van der Waals surface area contributed by atoms with Crippen LogP contribution >= 0.6 is 0 Å². The second-order valence-electron chi connectivity index (χ2n) is 10.1. The number of piperidine rings is 1. The minimum absolute atomic E-state index is 0.0497. The van der Waals surface area contributed by atoms with Gasteiger partial charge >= 0.3 is 11.9 Å². The van der Waals surface area contributed by atoms with E-state index in [1.807, 2.05) is 25.1 Å². The number of rotatable bonds is 8. The Bertz CT molecular complexity index is 1300. The van der Waals surface area contributed by atoms with E-state index < -0.39 is 22.8 Å². The standard InChI is InChI=1S/C30H35N3O6/c1-20-27(29(34)38-4)26(17-23-12-8-13-24(16-23)33(36)37)28(21(2)31(20)3)30(35)39-25-14-9-15-32(19-25)18-22-10-6-5-7-11-22/h5-8,10-13,16,25-26H,9,14-15,17-19H2,1-4H3. The third-order valence-electron chi connectivity index (χ3n) is 7.65. The fourth-order valence-corrected chi connectivity index (χ4v) is 5.50. The highest BCUT2D eigenvalue weighted by Gasteiger charge is 2.39. The first-order valence-electron chi connectivity index (χ1n) is 13.1. The number of esters is 2. The molecule has 0 amide bonds. The van der Waals surface area contributed by atoms with Gasteiger partial charge in [-0.2, -0.15) is 0 Å². The molecular formula is C30H35N3O6. The molecule has 39 heavy (non-hydrogen) atoms. The number of carbonyl (C=O) groups is 2. The summed E-state index contributed by atoms with van der Waals surface area (Å²) in [5.41, 5.74) is 3.85. The highest BCUT2D eigenvalue weighted by molar-refractivity contribution is 5.98. The normalized spacial score (nSPS) is 20.2. The number of nitrogens with zero attached hydrogens (tertiary/aromatic N) is 3. The topological polar surface area (TPSA) is 102 Å². The largest absolute Gasteiger partial charge is 0.466 e. The van der Waals surface area contributed by atoms with E-state index in [2.05, 4.69) is 17.0 Å². The number of carbonyl (C=O) groups excluding carboxylic acids is 2. The summed E-state index contributed by atoms with van der Waals surface area (Å²) in [5.74, 6) is -1.69. The lowest BCUT2D eigenvalue weighted by Gasteiger charge is -2.37. The Morgan fingerprint density at radius 1 is 1.00 bits per heavy atom. The van der Waals surface area contributed by atoms with Crippen LogP contribution in [0, 0.1) is 16.0 Å². The van der Waals surface area contributed by atoms with Crippen molar-refractivity contribution in [2.45, 2.75) is 45.8 Å². The second-order valence-corrected chi connectivity index (χ2v) is 10.1. The SMILES string of the molecule is COC(=O)C1=C(C)N(C)C(C)=C(C(=O)OC2CCCN(Cc3ccccc3)C2)C1Cc1cccc([N+](=O)[O-])c1. The molecule has 4 rings (SSSR count). The zero-order valence-electron chi connectivity index (χ0n) is 22.9. The maximum atomic E-state index is 13.8. The molecule has 0 radical (unpaired) electrons. The maximum absolute atomic E-state index is 13.8. The molecule has 0 spiro atoms. The zero-order chi connectivity index (χ0) is 28.1. The number of hydrogen-bond donors (Lipinski definition) is 0. The number of likely N-dealkylation sites (tertiary alicyclic amines) is 1. The van der Waals surface area contributed by atoms with Crippen LogP contribution in [0.3, 0.4) is 0 Å². The summed E-state index contributed by atoms with van der Waals surface area (Å²) in [6.07, 6.45) is 1.59. The van der Waals surface area contributed by atoms with Crippen molar-refractivity contribution in [3.8, 4) is 0 Å².